The number of hydrogen-bond acceptors (Lipinski definition) is 3. The average molecular weight is 288 g/mol. The second-order valence-corrected chi connectivity index (χ2v) is 5.26. The van der Waals surface area contributed by atoms with Crippen molar-refractivity contribution in [2.75, 3.05) is 6.54 Å². The summed E-state index contributed by atoms with van der Waals surface area (Å²) in [5, 5.41) is 3.99. The highest BCUT2D eigenvalue weighted by atomic mass is 19.1. The second kappa shape index (κ2) is 5.63. The molecule has 5 nitrogen and oxygen atoms in total. The van der Waals surface area contributed by atoms with E-state index in [1.54, 1.807) is 11.0 Å². The van der Waals surface area contributed by atoms with Gasteiger partial charge in [-0.25, -0.2) is 9.37 Å². The van der Waals surface area contributed by atoms with Crippen molar-refractivity contribution < 1.29 is 9.18 Å². The van der Waals surface area contributed by atoms with Gasteiger partial charge in [0.25, 0.3) is 0 Å². The highest BCUT2D eigenvalue weighted by Crippen LogP contribution is 2.30. The molecule has 1 aromatic carbocycles. The Balaban J connectivity index is 1.70. The molecule has 0 saturated carbocycles. The van der Waals surface area contributed by atoms with Crippen LogP contribution in [0.5, 0.6) is 0 Å². The number of amides is 1. The van der Waals surface area contributed by atoms with Crippen LogP contribution in [0, 0.1) is 5.82 Å². The largest absolute Gasteiger partial charge is 0.336 e. The van der Waals surface area contributed by atoms with Crippen molar-refractivity contribution in [2.45, 2.75) is 32.4 Å². The van der Waals surface area contributed by atoms with Crippen LogP contribution in [-0.4, -0.2) is 32.1 Å². The molecule has 1 aromatic heterocycles. The number of aromatic nitrogens is 3. The SMILES string of the molecule is CC1c2cc(F)ccc2CCN1C(=O)CCn1cncn1. The Morgan fingerprint density at radius 2 is 2.33 bits per heavy atom. The average Bonchev–Trinajstić information content (AvgIpc) is 2.99. The highest BCUT2D eigenvalue weighted by molar-refractivity contribution is 5.77. The minimum atomic E-state index is -0.252. The smallest absolute Gasteiger partial charge is 0.224 e. The molecule has 1 aliphatic rings. The first-order chi connectivity index (χ1) is 10.1. The van der Waals surface area contributed by atoms with Gasteiger partial charge in [0, 0.05) is 13.0 Å². The molecule has 0 aliphatic carbocycles. The molecule has 0 radical (unpaired) electrons. The van der Waals surface area contributed by atoms with Crippen LogP contribution in [0.2, 0.25) is 0 Å². The van der Waals surface area contributed by atoms with Gasteiger partial charge in [0.1, 0.15) is 18.5 Å². The number of hydrogen-bond donors (Lipinski definition) is 0. The van der Waals surface area contributed by atoms with Crippen molar-refractivity contribution >= 4 is 5.91 Å². The molecule has 3 rings (SSSR count). The van der Waals surface area contributed by atoms with Crippen LogP contribution in [-0.2, 0) is 17.8 Å². The summed E-state index contributed by atoms with van der Waals surface area (Å²) in [5.41, 5.74) is 2.04. The minimum absolute atomic E-state index is 0.0629. The molecule has 110 valence electrons. The van der Waals surface area contributed by atoms with Crippen molar-refractivity contribution in [2.24, 2.45) is 0 Å². The summed E-state index contributed by atoms with van der Waals surface area (Å²) in [6, 6.07) is 4.75. The first-order valence-corrected chi connectivity index (χ1v) is 7.05. The summed E-state index contributed by atoms with van der Waals surface area (Å²) in [7, 11) is 0. The third-order valence-electron chi connectivity index (χ3n) is 3.99. The van der Waals surface area contributed by atoms with Crippen molar-refractivity contribution in [1.29, 1.82) is 0 Å². The second-order valence-electron chi connectivity index (χ2n) is 5.26. The predicted octanol–water partition coefficient (Wildman–Crippen LogP) is 1.95. The molecule has 0 saturated heterocycles. The third-order valence-corrected chi connectivity index (χ3v) is 3.99. The lowest BCUT2D eigenvalue weighted by atomic mass is 9.93. The molecule has 6 heteroatoms. The Hall–Kier alpha value is -2.24. The van der Waals surface area contributed by atoms with Gasteiger partial charge in [-0.1, -0.05) is 6.07 Å². The van der Waals surface area contributed by atoms with Gasteiger partial charge in [0.05, 0.1) is 12.6 Å². The maximum Gasteiger partial charge on any atom is 0.224 e. The van der Waals surface area contributed by atoms with Gasteiger partial charge in [-0.05, 0) is 36.6 Å². The molecule has 0 bridgehead atoms. The highest BCUT2D eigenvalue weighted by Gasteiger charge is 2.27. The number of nitrogens with zero attached hydrogens (tertiary/aromatic N) is 4. The molecule has 0 N–H and O–H groups in total. The molecule has 21 heavy (non-hydrogen) atoms. The summed E-state index contributed by atoms with van der Waals surface area (Å²) in [5.74, 6) is -0.189. The van der Waals surface area contributed by atoms with Gasteiger partial charge in [-0.15, -0.1) is 0 Å². The van der Waals surface area contributed by atoms with E-state index >= 15 is 0 Å². The van der Waals surface area contributed by atoms with Gasteiger partial charge >= 0.3 is 0 Å². The maximum absolute atomic E-state index is 13.4. The van der Waals surface area contributed by atoms with E-state index in [-0.39, 0.29) is 17.8 Å². The topological polar surface area (TPSA) is 51.0 Å². The zero-order valence-corrected chi connectivity index (χ0v) is 11.9. The number of rotatable bonds is 3. The molecule has 2 aromatic rings. The zero-order chi connectivity index (χ0) is 14.8. The van der Waals surface area contributed by atoms with Crippen LogP contribution in [0.1, 0.15) is 30.5 Å². The monoisotopic (exact) mass is 288 g/mol. The number of fused-ring (bicyclic) bond motifs is 1. The summed E-state index contributed by atoms with van der Waals surface area (Å²) in [6.07, 6.45) is 4.19. The van der Waals surface area contributed by atoms with E-state index in [9.17, 15) is 9.18 Å². The van der Waals surface area contributed by atoms with Gasteiger partial charge in [0.2, 0.25) is 5.91 Å². The molecule has 1 atom stereocenters. The lowest BCUT2D eigenvalue weighted by Gasteiger charge is -2.35. The standard InChI is InChI=1S/C15H17FN4O/c1-11-14-8-13(16)3-2-12(14)4-7-20(11)15(21)5-6-19-10-17-9-18-19/h2-3,8-11H,4-7H2,1H3. The van der Waals surface area contributed by atoms with Gasteiger partial charge in [-0.2, -0.15) is 5.10 Å². The van der Waals surface area contributed by atoms with Crippen LogP contribution >= 0.6 is 0 Å². The Morgan fingerprint density at radius 3 is 3.10 bits per heavy atom. The lowest BCUT2D eigenvalue weighted by molar-refractivity contribution is -0.134. The number of aryl methyl sites for hydroxylation is 1. The summed E-state index contributed by atoms with van der Waals surface area (Å²) >= 11 is 0. The number of benzene rings is 1. The van der Waals surface area contributed by atoms with Gasteiger partial charge < -0.3 is 4.90 Å². The van der Waals surface area contributed by atoms with Crippen LogP contribution in [0.25, 0.3) is 0 Å². The first kappa shape index (κ1) is 13.7. The molecule has 1 unspecified atom stereocenters. The van der Waals surface area contributed by atoms with E-state index in [0.29, 0.717) is 19.5 Å². The number of halogens is 1. The normalized spacial score (nSPS) is 17.6. The Bertz CT molecular complexity index is 641. The molecule has 0 fully saturated rings. The maximum atomic E-state index is 13.4. The van der Waals surface area contributed by atoms with E-state index in [1.807, 2.05) is 17.9 Å². The van der Waals surface area contributed by atoms with E-state index < -0.39 is 0 Å². The molecule has 1 amide bonds. The Labute approximate surface area is 122 Å². The van der Waals surface area contributed by atoms with Crippen LogP contribution in [0.4, 0.5) is 4.39 Å². The predicted molar refractivity (Wildman–Crippen MR) is 74.9 cm³/mol. The molecular formula is C15H17FN4O. The number of carbonyl (C=O) groups is 1. The minimum Gasteiger partial charge on any atom is -0.336 e. The van der Waals surface area contributed by atoms with Crippen molar-refractivity contribution in [3.8, 4) is 0 Å². The third kappa shape index (κ3) is 2.79. The summed E-state index contributed by atoms with van der Waals surface area (Å²) in [6.45, 7) is 3.14. The zero-order valence-electron chi connectivity index (χ0n) is 11.9. The van der Waals surface area contributed by atoms with E-state index in [4.69, 9.17) is 0 Å². The van der Waals surface area contributed by atoms with E-state index in [0.717, 1.165) is 17.5 Å². The fourth-order valence-electron chi connectivity index (χ4n) is 2.83. The summed E-state index contributed by atoms with van der Waals surface area (Å²) in [4.78, 5) is 18.0. The van der Waals surface area contributed by atoms with E-state index in [1.165, 1.54) is 18.5 Å². The van der Waals surface area contributed by atoms with Crippen molar-refractivity contribution in [3.05, 3.63) is 47.8 Å². The van der Waals surface area contributed by atoms with Crippen LogP contribution in [0.3, 0.4) is 0 Å². The van der Waals surface area contributed by atoms with Crippen LogP contribution < -0.4 is 0 Å². The Kier molecular flexibility index (Phi) is 3.68. The molecular weight excluding hydrogens is 271 g/mol. The number of carbonyl (C=O) groups excluding carboxylic acids is 1. The van der Waals surface area contributed by atoms with Gasteiger partial charge in [0.15, 0.2) is 0 Å². The molecule has 0 spiro atoms. The molecule has 1 aliphatic heterocycles. The van der Waals surface area contributed by atoms with Gasteiger partial charge in [-0.3, -0.25) is 9.48 Å². The van der Waals surface area contributed by atoms with E-state index in [2.05, 4.69) is 10.1 Å². The fraction of sp³-hybridized carbons (Fsp3) is 0.400. The Morgan fingerprint density at radius 1 is 1.48 bits per heavy atom. The van der Waals surface area contributed by atoms with Crippen molar-refractivity contribution in [1.82, 2.24) is 19.7 Å². The first-order valence-electron chi connectivity index (χ1n) is 7.05. The summed E-state index contributed by atoms with van der Waals surface area (Å²) < 4.78 is 15.0. The quantitative estimate of drug-likeness (QED) is 0.867. The molecule has 2 heterocycles. The fourth-order valence-corrected chi connectivity index (χ4v) is 2.83. The lowest BCUT2D eigenvalue weighted by Crippen LogP contribution is -2.39. The van der Waals surface area contributed by atoms with Crippen LogP contribution in [0.15, 0.2) is 30.9 Å². The van der Waals surface area contributed by atoms with Crippen molar-refractivity contribution in [3.63, 3.8) is 0 Å².